The first kappa shape index (κ1) is 99.1. The summed E-state index contributed by atoms with van der Waals surface area (Å²) in [6, 6.07) is 40.3. The number of aryl methyl sites for hydroxylation is 6. The van der Waals surface area contributed by atoms with Crippen LogP contribution in [0.5, 0.6) is 34.5 Å². The Labute approximate surface area is 708 Å². The van der Waals surface area contributed by atoms with E-state index in [2.05, 4.69) is 241 Å². The van der Waals surface area contributed by atoms with Gasteiger partial charge in [-0.05, 0) is 212 Å². The van der Waals surface area contributed by atoms with Gasteiger partial charge in [-0.3, -0.25) is 13.6 Å². The van der Waals surface area contributed by atoms with Crippen molar-refractivity contribution in [1.29, 1.82) is 0 Å². The van der Waals surface area contributed by atoms with E-state index in [0.29, 0.717) is 19.8 Å². The summed E-state index contributed by atoms with van der Waals surface area (Å²) in [4.78, 5) is 0. The highest BCUT2D eigenvalue weighted by molar-refractivity contribution is 7.43. The zero-order chi connectivity index (χ0) is 83.3. The lowest BCUT2D eigenvalue weighted by molar-refractivity contribution is 0.256. The molecule has 6 aromatic carbocycles. The van der Waals surface area contributed by atoms with Crippen molar-refractivity contribution >= 4 is 25.8 Å². The summed E-state index contributed by atoms with van der Waals surface area (Å²) in [5.41, 5.74) is 13.6. The van der Waals surface area contributed by atoms with E-state index in [1.807, 2.05) is 0 Å². The number of hydrogen-bond donors (Lipinski definition) is 0. The van der Waals surface area contributed by atoms with Crippen molar-refractivity contribution in [3.8, 4) is 34.5 Å². The first-order chi connectivity index (χ1) is 55.4. The molecule has 0 spiro atoms. The van der Waals surface area contributed by atoms with Crippen LogP contribution in [-0.2, 0) is 49.1 Å². The van der Waals surface area contributed by atoms with Gasteiger partial charge in [0, 0.05) is 22.6 Å². The molecule has 0 aliphatic carbocycles. The summed E-state index contributed by atoms with van der Waals surface area (Å²) in [6.45, 7) is 45.6. The van der Waals surface area contributed by atoms with Crippen LogP contribution in [0.25, 0.3) is 0 Å². The van der Waals surface area contributed by atoms with Gasteiger partial charge in [-0.25, -0.2) is 0 Å². The van der Waals surface area contributed by atoms with E-state index < -0.39 is 25.8 Å². The van der Waals surface area contributed by atoms with Gasteiger partial charge in [-0.15, -0.1) is 0 Å². The van der Waals surface area contributed by atoms with Crippen molar-refractivity contribution in [3.63, 3.8) is 0 Å². The monoisotopic (exact) mass is 1640 g/mol. The SMILES string of the molecule is CCCCCCCCOP(Oc1cccc(CCCCCCCC)c1)Oc1cc(C)c(C(C)CC(c2cc(C(C)(C)C)c(OP(OCCCCCCCC)Oc3cccc(CCCCCCCC)c3)cc2C)c2cc(C(C)(C)C)c(OP(OCCCCCCCC)Oc3cccc(CCCCCCCC)c3)cc2C)cc1C(C)(C)C. The van der Waals surface area contributed by atoms with Crippen LogP contribution in [0, 0.1) is 20.8 Å². The van der Waals surface area contributed by atoms with E-state index in [4.69, 9.17) is 40.7 Å². The summed E-state index contributed by atoms with van der Waals surface area (Å²) in [7, 11) is -5.49. The van der Waals surface area contributed by atoms with Crippen LogP contribution in [-0.4, -0.2) is 19.8 Å². The molecular weight excluding hydrogens is 1470 g/mol. The quantitative estimate of drug-likeness (QED) is 0.0274. The van der Waals surface area contributed by atoms with Gasteiger partial charge in [-0.1, -0.05) is 358 Å². The molecule has 4 unspecified atom stereocenters. The Morgan fingerprint density at radius 3 is 0.791 bits per heavy atom. The molecule has 0 saturated carbocycles. The molecule has 12 heteroatoms. The van der Waals surface area contributed by atoms with Crippen molar-refractivity contribution in [2.75, 3.05) is 19.8 Å². The Morgan fingerprint density at radius 1 is 0.278 bits per heavy atom. The van der Waals surface area contributed by atoms with E-state index in [-0.39, 0.29) is 28.1 Å². The van der Waals surface area contributed by atoms with Gasteiger partial charge < -0.3 is 27.1 Å². The van der Waals surface area contributed by atoms with Gasteiger partial charge in [0.05, 0.1) is 19.8 Å². The molecule has 0 N–H and O–H groups in total. The van der Waals surface area contributed by atoms with E-state index >= 15 is 0 Å². The van der Waals surface area contributed by atoms with E-state index in [1.165, 1.54) is 232 Å². The molecule has 0 heterocycles. The minimum atomic E-state index is -1.84. The first-order valence-corrected chi connectivity index (χ1v) is 49.8. The third-order valence-electron chi connectivity index (χ3n) is 22.7. The van der Waals surface area contributed by atoms with Gasteiger partial charge in [0.2, 0.25) is 0 Å². The summed E-state index contributed by atoms with van der Waals surface area (Å²) < 4.78 is 63.1. The van der Waals surface area contributed by atoms with Crippen molar-refractivity contribution in [2.45, 2.75) is 416 Å². The fourth-order valence-corrected chi connectivity index (χ4v) is 18.7. The molecule has 0 bridgehead atoms. The van der Waals surface area contributed by atoms with Crippen LogP contribution < -0.4 is 27.1 Å². The zero-order valence-electron chi connectivity index (χ0n) is 76.5. The average Bonchev–Trinajstić information content (AvgIpc) is 0.761. The second-order valence-corrected chi connectivity index (χ2v) is 39.8. The maximum absolute atomic E-state index is 7.31. The average molecular weight is 1640 g/mol. The van der Waals surface area contributed by atoms with Crippen LogP contribution in [0.3, 0.4) is 0 Å². The Bertz CT molecular complexity index is 3450. The van der Waals surface area contributed by atoms with Crippen molar-refractivity contribution < 1.29 is 40.7 Å². The van der Waals surface area contributed by atoms with Crippen molar-refractivity contribution in [2.24, 2.45) is 0 Å². The zero-order valence-corrected chi connectivity index (χ0v) is 79.2. The second-order valence-electron chi connectivity index (χ2n) is 36.6. The molecule has 0 fully saturated rings. The Morgan fingerprint density at radius 2 is 0.522 bits per heavy atom. The molecule has 9 nitrogen and oxygen atoms in total. The van der Waals surface area contributed by atoms with Gasteiger partial charge in [0.15, 0.2) is 0 Å². The molecule has 0 amide bonds. The fraction of sp³-hybridized carbons (Fsp3) is 0.650. The molecule has 0 aliphatic heterocycles. The van der Waals surface area contributed by atoms with Gasteiger partial charge in [0.25, 0.3) is 0 Å². The minimum Gasteiger partial charge on any atom is -0.418 e. The number of benzene rings is 6. The molecule has 0 aromatic heterocycles. The number of hydrogen-bond acceptors (Lipinski definition) is 9. The van der Waals surface area contributed by atoms with Crippen LogP contribution in [0.1, 0.15) is 427 Å². The number of unbranched alkanes of at least 4 members (excludes halogenated alkanes) is 30. The van der Waals surface area contributed by atoms with E-state index in [9.17, 15) is 0 Å². The molecule has 6 aromatic rings. The summed E-state index contributed by atoms with van der Waals surface area (Å²) in [5.74, 6) is 4.82. The number of rotatable bonds is 62. The maximum Gasteiger partial charge on any atom is 0.463 e. The van der Waals surface area contributed by atoms with Crippen LogP contribution in [0.2, 0.25) is 0 Å². The topological polar surface area (TPSA) is 83.1 Å². The lowest BCUT2D eigenvalue weighted by Crippen LogP contribution is -2.19. The highest BCUT2D eigenvalue weighted by Gasteiger charge is 2.34. The Balaban J connectivity index is 1.48. The molecule has 644 valence electrons. The lowest BCUT2D eigenvalue weighted by atomic mass is 9.74. The molecule has 0 saturated heterocycles. The molecule has 115 heavy (non-hydrogen) atoms. The summed E-state index contributed by atoms with van der Waals surface area (Å²) in [6.07, 6.45) is 47.7. The van der Waals surface area contributed by atoms with Crippen molar-refractivity contribution in [1.82, 2.24) is 0 Å². The van der Waals surface area contributed by atoms with Crippen molar-refractivity contribution in [3.05, 3.63) is 176 Å². The molecule has 6 rings (SSSR count). The predicted molar refractivity (Wildman–Crippen MR) is 498 cm³/mol. The molecule has 0 radical (unpaired) electrons. The third kappa shape index (κ3) is 37.9. The standard InChI is InChI=1S/C103H163O9P3/c1-20-26-32-38-44-50-59-85-62-56-65-88(75-85)107-113(104-68-53-47-41-35-29-23-4)110-98-72-82(8)91(78-95(98)101(11,12)13)81(7)71-94(92-79-96(102(14,15)16)99(73-83(92)9)111-114(105-69-54-48-42-36-30-24-5)108-89-66-57-63-86(76-89)60-51-45-39-33-27-21-2)93-80-97(103(17,18)19)100(74-84(93)10)112-115(106-70-55-49-43-37-31-25-6)109-90-67-58-64-87(77-90)61-52-46-40-34-28-22-3/h56-58,62-67,72-81,94H,20-55,59-61,68-71H2,1-19H3. The Kier molecular flexibility index (Phi) is 47.6. The fourth-order valence-electron chi connectivity index (χ4n) is 15.6. The minimum absolute atomic E-state index is 0.0747. The smallest absolute Gasteiger partial charge is 0.418 e. The largest absolute Gasteiger partial charge is 0.463 e. The third-order valence-corrected chi connectivity index (χ3v) is 26.0. The van der Waals surface area contributed by atoms with Gasteiger partial charge in [-0.2, -0.15) is 0 Å². The van der Waals surface area contributed by atoms with Gasteiger partial charge in [0.1, 0.15) is 34.5 Å². The van der Waals surface area contributed by atoms with Crippen LogP contribution >= 0.6 is 25.8 Å². The maximum atomic E-state index is 7.31. The van der Waals surface area contributed by atoms with E-state index in [0.717, 1.165) is 127 Å². The highest BCUT2D eigenvalue weighted by atomic mass is 31.2. The van der Waals surface area contributed by atoms with Gasteiger partial charge >= 0.3 is 25.8 Å². The van der Waals surface area contributed by atoms with Crippen LogP contribution in [0.15, 0.2) is 109 Å². The summed E-state index contributed by atoms with van der Waals surface area (Å²) >= 11 is 0. The molecular formula is C103H163O9P3. The lowest BCUT2D eigenvalue weighted by Gasteiger charge is -2.33. The first-order valence-electron chi connectivity index (χ1n) is 46.5. The second kappa shape index (κ2) is 55.3. The molecule has 0 aliphatic rings. The summed E-state index contributed by atoms with van der Waals surface area (Å²) in [5, 5.41) is 0. The van der Waals surface area contributed by atoms with Crippen LogP contribution in [0.4, 0.5) is 0 Å². The predicted octanol–water partition coefficient (Wildman–Crippen LogP) is 34.7. The normalized spacial score (nSPS) is 13.4. The van der Waals surface area contributed by atoms with E-state index in [1.54, 1.807) is 0 Å². The highest BCUT2D eigenvalue weighted by Crippen LogP contribution is 2.53. The molecule has 4 atom stereocenters. The Hall–Kier alpha value is -4.71.